The molecule has 4 N–H and O–H groups in total. The second-order valence-corrected chi connectivity index (χ2v) is 8.54. The fraction of sp³-hybridized carbons (Fsp3) is 0.185. The Morgan fingerprint density at radius 2 is 1.49 bits per heavy atom. The number of carbonyl (C=O) groups is 2. The fourth-order valence-electron chi connectivity index (χ4n) is 3.68. The predicted octanol–water partition coefficient (Wildman–Crippen LogP) is 3.63. The molecule has 4 aromatic rings. The van der Waals surface area contributed by atoms with Crippen LogP contribution in [0.2, 0.25) is 0 Å². The summed E-state index contributed by atoms with van der Waals surface area (Å²) in [7, 11) is 0. The van der Waals surface area contributed by atoms with Gasteiger partial charge in [-0.25, -0.2) is 14.5 Å². The number of aromatic nitrogens is 3. The first-order valence-electron chi connectivity index (χ1n) is 11.9. The fourth-order valence-corrected chi connectivity index (χ4v) is 3.68. The number of nitrogens with one attached hydrogen (secondary N) is 2. The van der Waals surface area contributed by atoms with E-state index in [4.69, 9.17) is 4.74 Å². The molecule has 0 bridgehead atoms. The van der Waals surface area contributed by atoms with Gasteiger partial charge in [-0.2, -0.15) is 0 Å². The lowest BCUT2D eigenvalue weighted by atomic mass is 10.1. The Labute approximate surface area is 212 Å². The van der Waals surface area contributed by atoms with E-state index >= 15 is 0 Å². The SMILES string of the molecule is O=C(NCCNC(=O)c1ccc(-n2nc(-c3ccccc3O)nc2-c2ccccc2O)cc1)OC1CC1. The summed E-state index contributed by atoms with van der Waals surface area (Å²) in [5, 5.41) is 30.7. The summed E-state index contributed by atoms with van der Waals surface area (Å²) in [4.78, 5) is 28.7. The smallest absolute Gasteiger partial charge is 0.407 e. The van der Waals surface area contributed by atoms with Crippen molar-refractivity contribution in [3.8, 4) is 40.0 Å². The van der Waals surface area contributed by atoms with E-state index in [-0.39, 0.29) is 42.4 Å². The van der Waals surface area contributed by atoms with Gasteiger partial charge in [-0.05, 0) is 61.4 Å². The van der Waals surface area contributed by atoms with Crippen molar-refractivity contribution in [2.75, 3.05) is 13.1 Å². The van der Waals surface area contributed by atoms with E-state index in [0.717, 1.165) is 12.8 Å². The number of amides is 2. The zero-order valence-corrected chi connectivity index (χ0v) is 19.8. The number of hydrogen-bond acceptors (Lipinski definition) is 7. The van der Waals surface area contributed by atoms with Crippen molar-refractivity contribution in [3.63, 3.8) is 0 Å². The highest BCUT2D eigenvalue weighted by molar-refractivity contribution is 5.94. The average Bonchev–Trinajstić information content (AvgIpc) is 3.61. The molecule has 2 amide bonds. The van der Waals surface area contributed by atoms with Crippen LogP contribution in [-0.4, -0.2) is 56.2 Å². The van der Waals surface area contributed by atoms with Gasteiger partial charge in [-0.3, -0.25) is 4.79 Å². The van der Waals surface area contributed by atoms with Crippen LogP contribution in [0.15, 0.2) is 72.8 Å². The number of alkyl carbamates (subject to hydrolysis) is 1. The van der Waals surface area contributed by atoms with Gasteiger partial charge in [0.1, 0.15) is 17.6 Å². The highest BCUT2D eigenvalue weighted by Crippen LogP contribution is 2.33. The van der Waals surface area contributed by atoms with Gasteiger partial charge in [0.2, 0.25) is 0 Å². The highest BCUT2D eigenvalue weighted by atomic mass is 16.6. The molecule has 0 atom stereocenters. The van der Waals surface area contributed by atoms with Gasteiger partial charge in [0.05, 0.1) is 16.8 Å². The molecule has 1 heterocycles. The van der Waals surface area contributed by atoms with Crippen molar-refractivity contribution in [1.29, 1.82) is 0 Å². The Hall–Kier alpha value is -4.86. The van der Waals surface area contributed by atoms with Crippen LogP contribution in [0.3, 0.4) is 0 Å². The number of hydrogen-bond donors (Lipinski definition) is 4. The van der Waals surface area contributed by atoms with Crippen molar-refractivity contribution in [3.05, 3.63) is 78.4 Å². The molecule has 1 fully saturated rings. The molecule has 3 aromatic carbocycles. The first-order valence-corrected chi connectivity index (χ1v) is 11.9. The van der Waals surface area contributed by atoms with Crippen LogP contribution in [0, 0.1) is 0 Å². The highest BCUT2D eigenvalue weighted by Gasteiger charge is 2.25. The summed E-state index contributed by atoms with van der Waals surface area (Å²) in [6.45, 7) is 0.512. The van der Waals surface area contributed by atoms with Crippen LogP contribution in [-0.2, 0) is 4.74 Å². The van der Waals surface area contributed by atoms with E-state index < -0.39 is 6.09 Å². The van der Waals surface area contributed by atoms with E-state index in [0.29, 0.717) is 28.2 Å². The van der Waals surface area contributed by atoms with E-state index in [1.807, 2.05) is 0 Å². The topological polar surface area (TPSA) is 139 Å². The Morgan fingerprint density at radius 3 is 2.14 bits per heavy atom. The Balaban J connectivity index is 1.34. The normalized spacial score (nSPS) is 12.6. The number of carbonyl (C=O) groups excluding carboxylic acids is 2. The second kappa shape index (κ2) is 10.4. The molecule has 0 saturated heterocycles. The van der Waals surface area contributed by atoms with Crippen molar-refractivity contribution < 1.29 is 24.5 Å². The van der Waals surface area contributed by atoms with Gasteiger partial charge in [-0.1, -0.05) is 24.3 Å². The zero-order chi connectivity index (χ0) is 25.8. The average molecular weight is 500 g/mol. The maximum atomic E-state index is 12.5. The van der Waals surface area contributed by atoms with Crippen molar-refractivity contribution in [1.82, 2.24) is 25.4 Å². The van der Waals surface area contributed by atoms with Crippen LogP contribution in [0.4, 0.5) is 4.79 Å². The van der Waals surface area contributed by atoms with Crippen molar-refractivity contribution >= 4 is 12.0 Å². The summed E-state index contributed by atoms with van der Waals surface area (Å²) < 4.78 is 6.64. The first-order chi connectivity index (χ1) is 18.0. The van der Waals surface area contributed by atoms with Crippen molar-refractivity contribution in [2.45, 2.75) is 18.9 Å². The zero-order valence-electron chi connectivity index (χ0n) is 19.8. The number of aromatic hydroxyl groups is 2. The minimum Gasteiger partial charge on any atom is -0.507 e. The number of ether oxygens (including phenoxy) is 1. The molecule has 1 aromatic heterocycles. The third-order valence-corrected chi connectivity index (χ3v) is 5.75. The molecule has 1 aliphatic carbocycles. The number of benzene rings is 3. The van der Waals surface area contributed by atoms with Crippen LogP contribution < -0.4 is 10.6 Å². The van der Waals surface area contributed by atoms with Gasteiger partial charge in [0, 0.05) is 18.7 Å². The molecule has 0 unspecified atom stereocenters. The number of nitrogens with zero attached hydrogens (tertiary/aromatic N) is 3. The van der Waals surface area contributed by atoms with Crippen molar-refractivity contribution in [2.24, 2.45) is 0 Å². The second-order valence-electron chi connectivity index (χ2n) is 8.54. The maximum absolute atomic E-state index is 12.5. The Kier molecular flexibility index (Phi) is 6.71. The van der Waals surface area contributed by atoms with Crippen LogP contribution in [0.5, 0.6) is 11.5 Å². The summed E-state index contributed by atoms with van der Waals surface area (Å²) in [6.07, 6.45) is 1.36. The van der Waals surface area contributed by atoms with Gasteiger partial charge in [0.15, 0.2) is 11.6 Å². The van der Waals surface area contributed by atoms with E-state index in [1.165, 1.54) is 0 Å². The molecule has 1 saturated carbocycles. The molecule has 0 radical (unpaired) electrons. The largest absolute Gasteiger partial charge is 0.507 e. The maximum Gasteiger partial charge on any atom is 0.407 e. The van der Waals surface area contributed by atoms with Crippen LogP contribution >= 0.6 is 0 Å². The molecule has 10 heteroatoms. The van der Waals surface area contributed by atoms with Crippen LogP contribution in [0.25, 0.3) is 28.5 Å². The van der Waals surface area contributed by atoms with E-state index in [9.17, 15) is 19.8 Å². The molecule has 5 rings (SSSR count). The van der Waals surface area contributed by atoms with Crippen LogP contribution in [0.1, 0.15) is 23.2 Å². The molecule has 0 spiro atoms. The molecule has 0 aliphatic heterocycles. The molecule has 188 valence electrons. The Morgan fingerprint density at radius 1 is 0.865 bits per heavy atom. The quantitative estimate of drug-likeness (QED) is 0.272. The van der Waals surface area contributed by atoms with Gasteiger partial charge < -0.3 is 25.6 Å². The number of rotatable bonds is 8. The summed E-state index contributed by atoms with van der Waals surface area (Å²) in [6, 6.07) is 20.2. The summed E-state index contributed by atoms with van der Waals surface area (Å²) in [5.74, 6) is 0.429. The minimum atomic E-state index is -0.475. The molecule has 1 aliphatic rings. The lowest BCUT2D eigenvalue weighted by Crippen LogP contribution is -2.35. The Bertz CT molecular complexity index is 1430. The number of phenolic OH excluding ortho intramolecular Hbond substituents is 2. The molecule has 37 heavy (non-hydrogen) atoms. The number of para-hydroxylation sites is 2. The minimum absolute atomic E-state index is 0.0268. The van der Waals surface area contributed by atoms with Gasteiger partial charge >= 0.3 is 6.09 Å². The van der Waals surface area contributed by atoms with Gasteiger partial charge in [0.25, 0.3) is 5.91 Å². The van der Waals surface area contributed by atoms with Gasteiger partial charge in [-0.15, -0.1) is 5.10 Å². The lowest BCUT2D eigenvalue weighted by molar-refractivity contribution is 0.0951. The predicted molar refractivity (Wildman–Crippen MR) is 135 cm³/mol. The molecule has 10 nitrogen and oxygen atoms in total. The monoisotopic (exact) mass is 499 g/mol. The number of phenols is 2. The van der Waals surface area contributed by atoms with E-state index in [1.54, 1.807) is 77.5 Å². The third-order valence-electron chi connectivity index (χ3n) is 5.75. The van der Waals surface area contributed by atoms with E-state index in [2.05, 4.69) is 20.7 Å². The first kappa shape index (κ1) is 23.9. The summed E-state index contributed by atoms with van der Waals surface area (Å²) >= 11 is 0. The lowest BCUT2D eigenvalue weighted by Gasteiger charge is -2.09. The molecular weight excluding hydrogens is 474 g/mol. The summed E-state index contributed by atoms with van der Waals surface area (Å²) in [5.41, 5.74) is 1.94. The third kappa shape index (κ3) is 5.53. The standard InChI is InChI=1S/C27H25N5O5/c33-22-7-3-1-5-20(22)24-30-25(21-6-2-4-8-23(21)34)32(31-24)18-11-9-17(10-12-18)26(35)28-15-16-29-27(36)37-19-13-14-19/h1-12,19,33-34H,13-16H2,(H,28,35)(H,29,36). The molecular formula is C27H25N5O5.